The van der Waals surface area contributed by atoms with E-state index in [0.717, 1.165) is 37.8 Å². The highest BCUT2D eigenvalue weighted by atomic mass is 16.1. The molecule has 4 nitrogen and oxygen atoms in total. The maximum Gasteiger partial charge on any atom is 0.140 e. The van der Waals surface area contributed by atoms with Crippen LogP contribution in [0.2, 0.25) is 0 Å². The summed E-state index contributed by atoms with van der Waals surface area (Å²) >= 11 is 0. The number of carbonyl (C=O) groups is 1. The number of nitrogens with two attached hydrogens (primary N) is 2. The van der Waals surface area contributed by atoms with Gasteiger partial charge in [-0.15, -0.1) is 0 Å². The Kier molecular flexibility index (Phi) is 13.0. The van der Waals surface area contributed by atoms with Gasteiger partial charge in [-0.2, -0.15) is 0 Å². The van der Waals surface area contributed by atoms with E-state index in [0.29, 0.717) is 23.4 Å². The van der Waals surface area contributed by atoms with E-state index < -0.39 is 0 Å². The van der Waals surface area contributed by atoms with E-state index in [1.54, 1.807) is 12.5 Å². The minimum atomic E-state index is -0.0139. The molecule has 2 saturated carbocycles. The Morgan fingerprint density at radius 1 is 1.10 bits per heavy atom. The second-order valence-corrected chi connectivity index (χ2v) is 9.09. The van der Waals surface area contributed by atoms with Crippen LogP contribution in [0.4, 0.5) is 0 Å². The molecule has 1 atom stereocenters. The molecule has 174 valence electrons. The zero-order valence-electron chi connectivity index (χ0n) is 20.9. The van der Waals surface area contributed by atoms with Crippen LogP contribution in [0.25, 0.3) is 0 Å². The van der Waals surface area contributed by atoms with E-state index in [1.165, 1.54) is 24.8 Å². The van der Waals surface area contributed by atoms with Crippen molar-refractivity contribution in [2.45, 2.75) is 99.5 Å². The Hall–Kier alpha value is -1.55. The highest BCUT2D eigenvalue weighted by Crippen LogP contribution is 2.54. The van der Waals surface area contributed by atoms with Gasteiger partial charge >= 0.3 is 0 Å². The van der Waals surface area contributed by atoms with Crippen molar-refractivity contribution >= 4 is 5.78 Å². The van der Waals surface area contributed by atoms with E-state index >= 15 is 0 Å². The average Bonchev–Trinajstić information content (AvgIpc) is 3.46. The summed E-state index contributed by atoms with van der Waals surface area (Å²) in [7, 11) is 0. The van der Waals surface area contributed by atoms with Gasteiger partial charge < -0.3 is 16.8 Å². The molecule has 0 aromatic rings. The summed E-state index contributed by atoms with van der Waals surface area (Å²) in [4.78, 5) is 11.8. The smallest absolute Gasteiger partial charge is 0.140 e. The normalized spacial score (nSPS) is 16.9. The maximum atomic E-state index is 11.8. The number of carbonyl (C=O) groups excluding carboxylic acids is 1. The largest absolute Gasteiger partial charge is 0.386 e. The zero-order chi connectivity index (χ0) is 23.5. The Balaban J connectivity index is 0.000000518. The third kappa shape index (κ3) is 8.67. The van der Waals surface area contributed by atoms with Crippen LogP contribution in [-0.2, 0) is 4.79 Å². The summed E-state index contributed by atoms with van der Waals surface area (Å²) in [6.07, 6.45) is 7.90. The number of hydrogen-bond acceptors (Lipinski definition) is 4. The third-order valence-corrected chi connectivity index (χ3v) is 6.12. The zero-order valence-corrected chi connectivity index (χ0v) is 20.9. The number of rotatable bonds is 10. The lowest BCUT2D eigenvalue weighted by Crippen LogP contribution is -2.40. The average molecular weight is 420 g/mol. The molecule has 0 unspecified atom stereocenters. The molecular weight excluding hydrogens is 370 g/mol. The van der Waals surface area contributed by atoms with Gasteiger partial charge in [0, 0.05) is 12.6 Å². The summed E-state index contributed by atoms with van der Waals surface area (Å²) in [5.74, 6) is 1.95. The number of hydrogen-bond donors (Lipinski definition) is 3. The minimum absolute atomic E-state index is 0.0139. The van der Waals surface area contributed by atoms with Gasteiger partial charge in [-0.3, -0.25) is 4.79 Å². The van der Waals surface area contributed by atoms with Crippen molar-refractivity contribution < 1.29 is 4.79 Å². The summed E-state index contributed by atoms with van der Waals surface area (Å²) in [6.45, 7) is 22.8. The van der Waals surface area contributed by atoms with Gasteiger partial charge in [-0.05, 0) is 57.3 Å². The second-order valence-electron chi connectivity index (χ2n) is 9.09. The lowest BCUT2D eigenvalue weighted by atomic mass is 9.59. The monoisotopic (exact) mass is 419 g/mol. The predicted molar refractivity (Wildman–Crippen MR) is 132 cm³/mol. The lowest BCUT2D eigenvalue weighted by Gasteiger charge is -2.43. The Labute approximate surface area is 186 Å². The van der Waals surface area contributed by atoms with Crippen LogP contribution < -0.4 is 16.8 Å². The molecule has 0 spiro atoms. The van der Waals surface area contributed by atoms with Crippen molar-refractivity contribution in [2.24, 2.45) is 28.7 Å². The molecule has 2 aliphatic carbocycles. The molecule has 2 rings (SSSR count). The standard InChI is InChI=1S/C13H20O.C11H23N3.C2H6/c1-9(2)12(11-5-6-11)13(10(3)14)7-4-8-13;1-8(2)9(3)11(13)6-5-7-14-10(4)12;1-2/h9H,4-8H2,1-3H3;8,11,14H,3-7,12-13H2,1-2H3;1-2H3/t;11-;/m.0./s1. The fourth-order valence-corrected chi connectivity index (χ4v) is 4.16. The fraction of sp³-hybridized carbons (Fsp3) is 0.731. The van der Waals surface area contributed by atoms with Gasteiger partial charge in [0.05, 0.1) is 11.2 Å². The first kappa shape index (κ1) is 28.5. The molecule has 0 bridgehead atoms. The molecule has 0 aliphatic heterocycles. The number of Topliss-reactive ketones (excluding diaryl/α,β-unsaturated/α-hetero) is 1. The summed E-state index contributed by atoms with van der Waals surface area (Å²) in [5, 5.41) is 2.97. The second kappa shape index (κ2) is 13.7. The van der Waals surface area contributed by atoms with Crippen LogP contribution in [0.15, 0.2) is 35.7 Å². The van der Waals surface area contributed by atoms with Gasteiger partial charge in [0.15, 0.2) is 0 Å². The lowest BCUT2D eigenvalue weighted by molar-refractivity contribution is -0.128. The van der Waals surface area contributed by atoms with Crippen molar-refractivity contribution in [1.29, 1.82) is 0 Å². The first-order valence-electron chi connectivity index (χ1n) is 11.9. The molecule has 0 amide bonds. The summed E-state index contributed by atoms with van der Waals surface area (Å²) in [5.41, 5.74) is 15.5. The highest BCUT2D eigenvalue weighted by Gasteiger charge is 2.47. The molecule has 0 aromatic heterocycles. The van der Waals surface area contributed by atoms with Crippen LogP contribution in [-0.4, -0.2) is 18.4 Å². The van der Waals surface area contributed by atoms with E-state index in [1.807, 2.05) is 13.8 Å². The van der Waals surface area contributed by atoms with Crippen LogP contribution in [0.5, 0.6) is 0 Å². The first-order chi connectivity index (χ1) is 14.0. The third-order valence-electron chi connectivity index (χ3n) is 6.12. The quantitative estimate of drug-likeness (QED) is 0.307. The molecular formula is C26H49N3O. The Morgan fingerprint density at radius 2 is 1.63 bits per heavy atom. The molecule has 4 heteroatoms. The van der Waals surface area contributed by atoms with Gasteiger partial charge in [0.2, 0.25) is 0 Å². The molecule has 30 heavy (non-hydrogen) atoms. The van der Waals surface area contributed by atoms with Crippen LogP contribution in [0.3, 0.4) is 0 Å². The van der Waals surface area contributed by atoms with Crippen LogP contribution in [0, 0.1) is 17.3 Å². The SMILES string of the molecule is C=C(N)NCCC[C@H](N)C(=C)C(C)C.CC.CC(=O)C1(C(=C2CC2)C(C)C)CCC1. The first-order valence-corrected chi connectivity index (χ1v) is 11.9. The molecule has 2 fully saturated rings. The maximum absolute atomic E-state index is 11.8. The fourth-order valence-electron chi connectivity index (χ4n) is 4.16. The van der Waals surface area contributed by atoms with Crippen LogP contribution >= 0.6 is 0 Å². The van der Waals surface area contributed by atoms with Crippen molar-refractivity contribution in [1.82, 2.24) is 5.32 Å². The number of allylic oxidation sites excluding steroid dienone is 2. The van der Waals surface area contributed by atoms with Crippen LogP contribution in [0.1, 0.15) is 93.4 Å². The van der Waals surface area contributed by atoms with Crippen molar-refractivity contribution in [3.63, 3.8) is 0 Å². The predicted octanol–water partition coefficient (Wildman–Crippen LogP) is 5.84. The summed E-state index contributed by atoms with van der Waals surface area (Å²) < 4.78 is 0. The Morgan fingerprint density at radius 3 is 1.93 bits per heavy atom. The molecule has 0 saturated heterocycles. The van der Waals surface area contributed by atoms with Gasteiger partial charge in [-0.1, -0.05) is 77.8 Å². The van der Waals surface area contributed by atoms with Crippen molar-refractivity contribution in [3.05, 3.63) is 35.7 Å². The molecule has 0 aromatic carbocycles. The topological polar surface area (TPSA) is 81.1 Å². The van der Waals surface area contributed by atoms with E-state index in [9.17, 15) is 4.79 Å². The van der Waals surface area contributed by atoms with Crippen molar-refractivity contribution in [3.8, 4) is 0 Å². The van der Waals surface area contributed by atoms with Gasteiger partial charge in [-0.25, -0.2) is 0 Å². The summed E-state index contributed by atoms with van der Waals surface area (Å²) in [6, 6.07) is 0.0999. The molecule has 5 N–H and O–H groups in total. The molecule has 0 heterocycles. The van der Waals surface area contributed by atoms with E-state index in [-0.39, 0.29) is 11.5 Å². The number of nitrogens with one attached hydrogen (secondary N) is 1. The Bertz CT molecular complexity index is 591. The highest BCUT2D eigenvalue weighted by molar-refractivity contribution is 5.87. The van der Waals surface area contributed by atoms with Crippen molar-refractivity contribution in [2.75, 3.05) is 6.54 Å². The van der Waals surface area contributed by atoms with Gasteiger partial charge in [0.1, 0.15) is 5.78 Å². The molecule has 0 radical (unpaired) electrons. The van der Waals surface area contributed by atoms with E-state index in [2.05, 4.69) is 46.2 Å². The minimum Gasteiger partial charge on any atom is -0.386 e. The van der Waals surface area contributed by atoms with E-state index in [4.69, 9.17) is 11.5 Å². The van der Waals surface area contributed by atoms with Gasteiger partial charge in [0.25, 0.3) is 0 Å². The number of ketones is 1. The molecule has 2 aliphatic rings.